The van der Waals surface area contributed by atoms with Gasteiger partial charge in [-0.3, -0.25) is 9.59 Å². The van der Waals surface area contributed by atoms with Crippen LogP contribution in [0.5, 0.6) is 0 Å². The molecule has 0 aliphatic carbocycles. The van der Waals surface area contributed by atoms with Crippen LogP contribution in [0.2, 0.25) is 0 Å². The van der Waals surface area contributed by atoms with Gasteiger partial charge in [-0.1, -0.05) is 15.9 Å². The van der Waals surface area contributed by atoms with Crippen molar-refractivity contribution in [2.24, 2.45) is 0 Å². The molecule has 0 aromatic heterocycles. The number of methoxy groups -OCH3 is 1. The number of hydrogen-bond acceptors (Lipinski definition) is 3. The number of carbonyl (C=O) groups excluding carboxylic acids is 2. The maximum atomic E-state index is 13.7. The molecule has 0 fully saturated rings. The summed E-state index contributed by atoms with van der Waals surface area (Å²) in [6.45, 7) is 3.81. The highest BCUT2D eigenvalue weighted by Gasteiger charge is 2.22. The molecule has 1 aromatic carbocycles. The van der Waals surface area contributed by atoms with E-state index in [1.807, 2.05) is 13.8 Å². The van der Waals surface area contributed by atoms with Gasteiger partial charge in [-0.25, -0.2) is 4.39 Å². The summed E-state index contributed by atoms with van der Waals surface area (Å²) < 4.78 is 18.9. The fourth-order valence-corrected chi connectivity index (χ4v) is 2.09. The van der Waals surface area contributed by atoms with Gasteiger partial charge in [0.1, 0.15) is 5.82 Å². The van der Waals surface area contributed by atoms with Crippen LogP contribution in [-0.4, -0.2) is 36.5 Å². The Kier molecular flexibility index (Phi) is 6.13. The molecule has 1 aromatic rings. The van der Waals surface area contributed by atoms with Gasteiger partial charge in [0.2, 0.25) is 0 Å². The molecule has 0 saturated carbocycles. The molecule has 0 aliphatic rings. The number of esters is 1. The van der Waals surface area contributed by atoms with E-state index in [-0.39, 0.29) is 24.6 Å². The fraction of sp³-hybridized carbons (Fsp3) is 0.429. The molecule has 0 heterocycles. The molecule has 1 amide bonds. The average molecular weight is 346 g/mol. The zero-order valence-electron chi connectivity index (χ0n) is 11.7. The first-order chi connectivity index (χ1) is 9.36. The Hall–Kier alpha value is -1.43. The molecule has 0 radical (unpaired) electrons. The Morgan fingerprint density at radius 3 is 2.60 bits per heavy atom. The van der Waals surface area contributed by atoms with Gasteiger partial charge in [-0.2, -0.15) is 0 Å². The van der Waals surface area contributed by atoms with Gasteiger partial charge < -0.3 is 9.64 Å². The van der Waals surface area contributed by atoms with Gasteiger partial charge in [0.15, 0.2) is 0 Å². The second-order valence-electron chi connectivity index (χ2n) is 4.54. The molecule has 1 rings (SSSR count). The minimum Gasteiger partial charge on any atom is -0.469 e. The third-order valence-electron chi connectivity index (χ3n) is 2.83. The van der Waals surface area contributed by atoms with Crippen molar-refractivity contribution < 1.29 is 18.7 Å². The van der Waals surface area contributed by atoms with E-state index in [2.05, 4.69) is 20.7 Å². The number of amides is 1. The molecule has 6 heteroatoms. The van der Waals surface area contributed by atoms with Gasteiger partial charge in [0, 0.05) is 17.1 Å². The van der Waals surface area contributed by atoms with Crippen molar-refractivity contribution in [1.82, 2.24) is 4.90 Å². The Morgan fingerprint density at radius 1 is 1.40 bits per heavy atom. The number of benzene rings is 1. The first-order valence-electron chi connectivity index (χ1n) is 6.19. The summed E-state index contributed by atoms with van der Waals surface area (Å²) in [4.78, 5) is 25.0. The van der Waals surface area contributed by atoms with Crippen molar-refractivity contribution in [2.75, 3.05) is 13.7 Å². The highest BCUT2D eigenvalue weighted by Crippen LogP contribution is 2.18. The van der Waals surface area contributed by atoms with Crippen molar-refractivity contribution in [3.63, 3.8) is 0 Å². The first-order valence-corrected chi connectivity index (χ1v) is 6.99. The summed E-state index contributed by atoms with van der Waals surface area (Å²) in [7, 11) is 1.29. The van der Waals surface area contributed by atoms with Crippen molar-refractivity contribution in [3.8, 4) is 0 Å². The van der Waals surface area contributed by atoms with Crippen LogP contribution in [0.3, 0.4) is 0 Å². The zero-order chi connectivity index (χ0) is 15.3. The lowest BCUT2D eigenvalue weighted by Gasteiger charge is -2.26. The van der Waals surface area contributed by atoms with Gasteiger partial charge >= 0.3 is 5.97 Å². The monoisotopic (exact) mass is 345 g/mol. The van der Waals surface area contributed by atoms with Crippen molar-refractivity contribution >= 4 is 27.8 Å². The summed E-state index contributed by atoms with van der Waals surface area (Å²) >= 11 is 3.21. The van der Waals surface area contributed by atoms with Crippen LogP contribution in [0, 0.1) is 5.82 Å². The maximum absolute atomic E-state index is 13.7. The molecule has 4 nitrogen and oxygen atoms in total. The predicted octanol–water partition coefficient (Wildman–Crippen LogP) is 3.00. The highest BCUT2D eigenvalue weighted by atomic mass is 79.9. The van der Waals surface area contributed by atoms with Crippen LogP contribution < -0.4 is 0 Å². The van der Waals surface area contributed by atoms with E-state index in [4.69, 9.17) is 0 Å². The van der Waals surface area contributed by atoms with E-state index in [1.165, 1.54) is 30.2 Å². The van der Waals surface area contributed by atoms with Crippen LogP contribution in [0.1, 0.15) is 30.6 Å². The average Bonchev–Trinajstić information content (AvgIpc) is 2.40. The molecule has 0 bridgehead atoms. The number of hydrogen-bond donors (Lipinski definition) is 0. The van der Waals surface area contributed by atoms with Gasteiger partial charge in [-0.15, -0.1) is 0 Å². The Labute approximate surface area is 126 Å². The van der Waals surface area contributed by atoms with Crippen LogP contribution in [0.4, 0.5) is 4.39 Å². The van der Waals surface area contributed by atoms with Gasteiger partial charge in [-0.05, 0) is 32.0 Å². The summed E-state index contributed by atoms with van der Waals surface area (Å²) in [6, 6.07) is 4.05. The molecule has 0 atom stereocenters. The zero-order valence-corrected chi connectivity index (χ0v) is 13.2. The first kappa shape index (κ1) is 16.6. The van der Waals surface area contributed by atoms with Crippen molar-refractivity contribution in [1.29, 1.82) is 0 Å². The normalized spacial score (nSPS) is 10.5. The predicted molar refractivity (Wildman–Crippen MR) is 76.9 cm³/mol. The lowest BCUT2D eigenvalue weighted by molar-refractivity contribution is -0.140. The van der Waals surface area contributed by atoms with Crippen LogP contribution in [0.15, 0.2) is 22.7 Å². The van der Waals surface area contributed by atoms with E-state index in [0.29, 0.717) is 4.47 Å². The highest BCUT2D eigenvalue weighted by molar-refractivity contribution is 9.10. The fourth-order valence-electron chi connectivity index (χ4n) is 1.72. The number of ether oxygens (including phenoxy) is 1. The number of halogens is 2. The van der Waals surface area contributed by atoms with E-state index in [1.54, 1.807) is 0 Å². The van der Waals surface area contributed by atoms with E-state index >= 15 is 0 Å². The van der Waals surface area contributed by atoms with Gasteiger partial charge in [0.25, 0.3) is 5.91 Å². The number of rotatable bonds is 5. The topological polar surface area (TPSA) is 46.6 Å². The molecule has 110 valence electrons. The van der Waals surface area contributed by atoms with E-state index < -0.39 is 17.7 Å². The minimum absolute atomic E-state index is 0.0158. The largest absolute Gasteiger partial charge is 0.469 e. The SMILES string of the molecule is COC(=O)CCN(C(=O)c1cc(Br)ccc1F)C(C)C. The standard InChI is InChI=1S/C14H17BrFNO3/c1-9(2)17(7-6-13(18)20-3)14(19)11-8-10(15)4-5-12(11)16/h4-5,8-9H,6-7H2,1-3H3. The molecule has 0 unspecified atom stereocenters. The second kappa shape index (κ2) is 7.38. The molecule has 0 aliphatic heterocycles. The van der Waals surface area contributed by atoms with Crippen LogP contribution >= 0.6 is 15.9 Å². The molecule has 0 spiro atoms. The number of nitrogens with zero attached hydrogens (tertiary/aromatic N) is 1. The van der Waals surface area contributed by atoms with Gasteiger partial charge in [0.05, 0.1) is 19.1 Å². The smallest absolute Gasteiger partial charge is 0.307 e. The van der Waals surface area contributed by atoms with E-state index in [0.717, 1.165) is 0 Å². The summed E-state index contributed by atoms with van der Waals surface area (Å²) in [5.41, 5.74) is -0.0158. The lowest BCUT2D eigenvalue weighted by Crippen LogP contribution is -2.39. The lowest BCUT2D eigenvalue weighted by atomic mass is 10.1. The Morgan fingerprint density at radius 2 is 2.05 bits per heavy atom. The van der Waals surface area contributed by atoms with Crippen molar-refractivity contribution in [3.05, 3.63) is 34.1 Å². The number of carbonyl (C=O) groups is 2. The molecule has 0 N–H and O–H groups in total. The van der Waals surface area contributed by atoms with Crippen molar-refractivity contribution in [2.45, 2.75) is 26.3 Å². The Balaban J connectivity index is 2.94. The summed E-state index contributed by atoms with van der Waals surface area (Å²) in [6.07, 6.45) is 0.0794. The minimum atomic E-state index is -0.582. The summed E-state index contributed by atoms with van der Waals surface area (Å²) in [5, 5.41) is 0. The quantitative estimate of drug-likeness (QED) is 0.770. The molecule has 20 heavy (non-hydrogen) atoms. The third kappa shape index (κ3) is 4.30. The van der Waals surface area contributed by atoms with Crippen LogP contribution in [-0.2, 0) is 9.53 Å². The summed E-state index contributed by atoms with van der Waals surface area (Å²) in [5.74, 6) is -1.43. The van der Waals surface area contributed by atoms with Crippen LogP contribution in [0.25, 0.3) is 0 Å². The molecular formula is C14H17BrFNO3. The maximum Gasteiger partial charge on any atom is 0.307 e. The van der Waals surface area contributed by atoms with E-state index in [9.17, 15) is 14.0 Å². The molecular weight excluding hydrogens is 329 g/mol. The molecule has 0 saturated heterocycles. The second-order valence-corrected chi connectivity index (χ2v) is 5.46. The Bertz CT molecular complexity index is 505. The third-order valence-corrected chi connectivity index (χ3v) is 3.32.